The van der Waals surface area contributed by atoms with Gasteiger partial charge in [-0.3, -0.25) is 0 Å². The van der Waals surface area contributed by atoms with Crippen LogP contribution in [-0.2, 0) is 0 Å². The standard InChI is InChI=1S/C12H24/c1-7-11(9(3)4)12(8-2)10(5)6/h9-10H,7-8H2,1-6H3. The number of rotatable bonds is 4. The first-order chi connectivity index (χ1) is 5.54. The van der Waals surface area contributed by atoms with E-state index in [9.17, 15) is 0 Å². The first-order valence-corrected chi connectivity index (χ1v) is 5.26. The number of hydrogen-bond donors (Lipinski definition) is 0. The minimum Gasteiger partial charge on any atom is -0.0685 e. The smallest absolute Gasteiger partial charge is 0.0257 e. The molecule has 0 nitrogen and oxygen atoms in total. The van der Waals surface area contributed by atoms with Gasteiger partial charge in [-0.1, -0.05) is 52.7 Å². The summed E-state index contributed by atoms with van der Waals surface area (Å²) in [6, 6.07) is 0. The first-order valence-electron chi connectivity index (χ1n) is 5.26. The SMILES string of the molecule is CCC(=C(CC)C(C)C)C(C)C. The van der Waals surface area contributed by atoms with Crippen molar-refractivity contribution in [3.05, 3.63) is 11.1 Å². The molecular weight excluding hydrogens is 144 g/mol. The zero-order chi connectivity index (χ0) is 9.72. The van der Waals surface area contributed by atoms with E-state index in [1.807, 2.05) is 0 Å². The molecule has 0 heteroatoms. The zero-order valence-corrected chi connectivity index (χ0v) is 9.57. The predicted octanol–water partition coefficient (Wildman–Crippen LogP) is 4.42. The van der Waals surface area contributed by atoms with Crippen LogP contribution in [-0.4, -0.2) is 0 Å². The highest BCUT2D eigenvalue weighted by Crippen LogP contribution is 2.25. The molecule has 0 atom stereocenters. The highest BCUT2D eigenvalue weighted by molar-refractivity contribution is 5.17. The van der Waals surface area contributed by atoms with Gasteiger partial charge in [0.25, 0.3) is 0 Å². The summed E-state index contributed by atoms with van der Waals surface area (Å²) < 4.78 is 0. The summed E-state index contributed by atoms with van der Waals surface area (Å²) in [6.07, 6.45) is 2.44. The molecule has 0 N–H and O–H groups in total. The van der Waals surface area contributed by atoms with Crippen LogP contribution < -0.4 is 0 Å². The molecule has 0 radical (unpaired) electrons. The predicted molar refractivity (Wildman–Crippen MR) is 57.3 cm³/mol. The fraction of sp³-hybridized carbons (Fsp3) is 0.833. The third-order valence-corrected chi connectivity index (χ3v) is 2.57. The maximum Gasteiger partial charge on any atom is -0.0257 e. The lowest BCUT2D eigenvalue weighted by molar-refractivity contribution is 0.646. The van der Waals surface area contributed by atoms with E-state index in [1.165, 1.54) is 12.8 Å². The second-order valence-electron chi connectivity index (χ2n) is 4.07. The molecule has 0 fully saturated rings. The Labute approximate surface area is 78.1 Å². The summed E-state index contributed by atoms with van der Waals surface area (Å²) in [7, 11) is 0. The Balaban J connectivity index is 4.74. The van der Waals surface area contributed by atoms with E-state index in [4.69, 9.17) is 0 Å². The first kappa shape index (κ1) is 11.7. The molecule has 0 saturated carbocycles. The van der Waals surface area contributed by atoms with E-state index in [0.717, 1.165) is 11.8 Å². The van der Waals surface area contributed by atoms with Gasteiger partial charge in [-0.05, 0) is 24.7 Å². The van der Waals surface area contributed by atoms with Crippen molar-refractivity contribution in [1.82, 2.24) is 0 Å². The molecule has 0 aliphatic carbocycles. The summed E-state index contributed by atoms with van der Waals surface area (Å²) in [5.74, 6) is 1.46. The van der Waals surface area contributed by atoms with E-state index >= 15 is 0 Å². The van der Waals surface area contributed by atoms with E-state index in [1.54, 1.807) is 11.1 Å². The minimum atomic E-state index is 0.729. The van der Waals surface area contributed by atoms with E-state index in [0.29, 0.717) is 0 Å². The summed E-state index contributed by atoms with van der Waals surface area (Å²) in [5.41, 5.74) is 3.35. The molecule has 0 aliphatic rings. The van der Waals surface area contributed by atoms with Gasteiger partial charge < -0.3 is 0 Å². The molecule has 0 aliphatic heterocycles. The average molecular weight is 168 g/mol. The maximum absolute atomic E-state index is 2.30. The Morgan fingerprint density at radius 1 is 0.750 bits per heavy atom. The highest BCUT2D eigenvalue weighted by atomic mass is 14.2. The second kappa shape index (κ2) is 5.40. The Bertz CT molecular complexity index is 131. The van der Waals surface area contributed by atoms with Crippen LogP contribution in [0, 0.1) is 11.8 Å². The van der Waals surface area contributed by atoms with Crippen molar-refractivity contribution in [3.8, 4) is 0 Å². The Kier molecular flexibility index (Phi) is 5.28. The van der Waals surface area contributed by atoms with Crippen LogP contribution in [0.3, 0.4) is 0 Å². The monoisotopic (exact) mass is 168 g/mol. The molecule has 0 spiro atoms. The highest BCUT2D eigenvalue weighted by Gasteiger charge is 2.09. The fourth-order valence-electron chi connectivity index (χ4n) is 2.01. The summed E-state index contributed by atoms with van der Waals surface area (Å²) in [4.78, 5) is 0. The molecule has 0 unspecified atom stereocenters. The topological polar surface area (TPSA) is 0 Å². The van der Waals surface area contributed by atoms with Gasteiger partial charge in [0, 0.05) is 0 Å². The summed E-state index contributed by atoms with van der Waals surface area (Å²) >= 11 is 0. The van der Waals surface area contributed by atoms with Crippen LogP contribution in [0.15, 0.2) is 11.1 Å². The molecule has 0 bridgehead atoms. The molecular formula is C12H24. The largest absolute Gasteiger partial charge is 0.0685 e. The molecule has 0 heterocycles. The van der Waals surface area contributed by atoms with E-state index in [2.05, 4.69) is 41.5 Å². The van der Waals surface area contributed by atoms with Crippen molar-refractivity contribution in [2.45, 2.75) is 54.4 Å². The third-order valence-electron chi connectivity index (χ3n) is 2.57. The fourth-order valence-corrected chi connectivity index (χ4v) is 2.01. The van der Waals surface area contributed by atoms with Crippen LogP contribution in [0.5, 0.6) is 0 Å². The molecule has 12 heavy (non-hydrogen) atoms. The lowest BCUT2D eigenvalue weighted by Crippen LogP contribution is -2.03. The van der Waals surface area contributed by atoms with Crippen molar-refractivity contribution < 1.29 is 0 Å². The van der Waals surface area contributed by atoms with Gasteiger partial charge in [0.2, 0.25) is 0 Å². The Morgan fingerprint density at radius 3 is 1.08 bits per heavy atom. The lowest BCUT2D eigenvalue weighted by Gasteiger charge is -2.19. The van der Waals surface area contributed by atoms with Crippen molar-refractivity contribution in [2.24, 2.45) is 11.8 Å². The van der Waals surface area contributed by atoms with E-state index in [-0.39, 0.29) is 0 Å². The number of allylic oxidation sites excluding steroid dienone is 2. The van der Waals surface area contributed by atoms with Crippen molar-refractivity contribution in [2.75, 3.05) is 0 Å². The quantitative estimate of drug-likeness (QED) is 0.545. The van der Waals surface area contributed by atoms with Gasteiger partial charge in [0.1, 0.15) is 0 Å². The van der Waals surface area contributed by atoms with Gasteiger partial charge in [-0.15, -0.1) is 0 Å². The van der Waals surface area contributed by atoms with Gasteiger partial charge in [-0.2, -0.15) is 0 Å². The third kappa shape index (κ3) is 3.00. The molecule has 0 amide bonds. The van der Waals surface area contributed by atoms with Crippen molar-refractivity contribution >= 4 is 0 Å². The van der Waals surface area contributed by atoms with Crippen LogP contribution in [0.1, 0.15) is 54.4 Å². The van der Waals surface area contributed by atoms with Crippen LogP contribution in [0.4, 0.5) is 0 Å². The summed E-state index contributed by atoms with van der Waals surface area (Å²) in [6.45, 7) is 13.8. The van der Waals surface area contributed by atoms with Crippen LogP contribution in [0.2, 0.25) is 0 Å². The molecule has 0 rings (SSSR count). The summed E-state index contributed by atoms with van der Waals surface area (Å²) in [5, 5.41) is 0. The molecule has 0 aromatic carbocycles. The van der Waals surface area contributed by atoms with Crippen molar-refractivity contribution in [1.29, 1.82) is 0 Å². The van der Waals surface area contributed by atoms with Crippen LogP contribution >= 0.6 is 0 Å². The average Bonchev–Trinajstić information content (AvgIpc) is 1.98. The molecule has 72 valence electrons. The lowest BCUT2D eigenvalue weighted by atomic mass is 9.87. The Morgan fingerprint density at radius 2 is 1.00 bits per heavy atom. The van der Waals surface area contributed by atoms with Gasteiger partial charge >= 0.3 is 0 Å². The molecule has 0 aromatic rings. The maximum atomic E-state index is 2.30. The second-order valence-corrected chi connectivity index (χ2v) is 4.07. The van der Waals surface area contributed by atoms with Gasteiger partial charge in [0.15, 0.2) is 0 Å². The normalized spacial score (nSPS) is 14.0. The number of hydrogen-bond acceptors (Lipinski definition) is 0. The minimum absolute atomic E-state index is 0.729. The van der Waals surface area contributed by atoms with E-state index < -0.39 is 0 Å². The van der Waals surface area contributed by atoms with Gasteiger partial charge in [-0.25, -0.2) is 0 Å². The molecule has 0 saturated heterocycles. The zero-order valence-electron chi connectivity index (χ0n) is 9.57. The van der Waals surface area contributed by atoms with Gasteiger partial charge in [0.05, 0.1) is 0 Å². The molecule has 0 aromatic heterocycles. The van der Waals surface area contributed by atoms with Crippen molar-refractivity contribution in [3.63, 3.8) is 0 Å². The van der Waals surface area contributed by atoms with Crippen LogP contribution in [0.25, 0.3) is 0 Å². The Hall–Kier alpha value is -0.260.